The van der Waals surface area contributed by atoms with E-state index >= 15 is 0 Å². The zero-order chi connectivity index (χ0) is 18.5. The lowest BCUT2D eigenvalue weighted by Gasteiger charge is -2.30. The molecule has 0 fully saturated rings. The van der Waals surface area contributed by atoms with Crippen LogP contribution in [0.15, 0.2) is 18.2 Å². The third-order valence-corrected chi connectivity index (χ3v) is 5.60. The molecule has 0 N–H and O–H groups in total. The highest BCUT2D eigenvalue weighted by Crippen LogP contribution is 2.49. The van der Waals surface area contributed by atoms with Crippen molar-refractivity contribution < 1.29 is 0 Å². The van der Waals surface area contributed by atoms with E-state index in [4.69, 9.17) is 13.1 Å². The van der Waals surface area contributed by atoms with Gasteiger partial charge in [0.1, 0.15) is 6.17 Å². The highest BCUT2D eigenvalue weighted by Gasteiger charge is 2.33. The SMILES string of the molecule is [C-]#[N+]c1cc2c(cc1[N+]#[C-])N(c1cc(C)c(C)c(C)c1C)[C@@H](C)N2C. The van der Waals surface area contributed by atoms with Gasteiger partial charge >= 0.3 is 0 Å². The second-order valence-electron chi connectivity index (χ2n) is 6.75. The standard InChI is InChI=1S/C21H22N4/c1-12-9-19(15(4)14(3)13(12)2)25-16(5)24(8)20-10-17(22-6)18(23-7)11-21(20)25/h9-11,16H,1-5,8H3/t16-/m0/s1. The maximum atomic E-state index is 7.41. The molecule has 2 aromatic rings. The normalized spacial score (nSPS) is 15.8. The van der Waals surface area contributed by atoms with Crippen molar-refractivity contribution in [3.8, 4) is 0 Å². The van der Waals surface area contributed by atoms with Gasteiger partial charge in [0.25, 0.3) is 0 Å². The molecule has 126 valence electrons. The Morgan fingerprint density at radius 2 is 1.36 bits per heavy atom. The Balaban J connectivity index is 2.29. The molecule has 0 unspecified atom stereocenters. The van der Waals surface area contributed by atoms with Gasteiger partial charge in [-0.25, -0.2) is 0 Å². The Morgan fingerprint density at radius 3 is 1.92 bits per heavy atom. The topological polar surface area (TPSA) is 15.2 Å². The average Bonchev–Trinajstić information content (AvgIpc) is 2.85. The van der Waals surface area contributed by atoms with E-state index in [-0.39, 0.29) is 6.17 Å². The summed E-state index contributed by atoms with van der Waals surface area (Å²) in [5.41, 5.74) is 9.17. The van der Waals surface area contributed by atoms with Crippen molar-refractivity contribution in [2.45, 2.75) is 40.8 Å². The average molecular weight is 330 g/mol. The van der Waals surface area contributed by atoms with Gasteiger partial charge < -0.3 is 9.80 Å². The zero-order valence-corrected chi connectivity index (χ0v) is 15.6. The van der Waals surface area contributed by atoms with Gasteiger partial charge in [0, 0.05) is 18.4 Å². The summed E-state index contributed by atoms with van der Waals surface area (Å²) < 4.78 is 0. The van der Waals surface area contributed by atoms with Crippen LogP contribution in [-0.4, -0.2) is 13.2 Å². The molecule has 3 rings (SSSR count). The maximum absolute atomic E-state index is 7.41. The number of aryl methyl sites for hydroxylation is 1. The summed E-state index contributed by atoms with van der Waals surface area (Å²) in [4.78, 5) is 11.5. The van der Waals surface area contributed by atoms with Crippen molar-refractivity contribution in [2.24, 2.45) is 0 Å². The number of hydrogen-bond donors (Lipinski definition) is 0. The molecule has 4 nitrogen and oxygen atoms in total. The quantitative estimate of drug-likeness (QED) is 0.600. The van der Waals surface area contributed by atoms with E-state index < -0.39 is 0 Å². The molecule has 1 atom stereocenters. The minimum absolute atomic E-state index is 0.120. The molecule has 0 bridgehead atoms. The fourth-order valence-corrected chi connectivity index (χ4v) is 3.56. The highest BCUT2D eigenvalue weighted by atomic mass is 15.4. The minimum Gasteiger partial charge on any atom is -0.354 e. The van der Waals surface area contributed by atoms with Gasteiger partial charge in [-0.05, 0) is 75.1 Å². The van der Waals surface area contributed by atoms with Gasteiger partial charge in [-0.2, -0.15) is 0 Å². The lowest BCUT2D eigenvalue weighted by molar-refractivity contribution is 0.732. The van der Waals surface area contributed by atoms with Gasteiger partial charge in [-0.3, -0.25) is 9.69 Å². The number of hydrogen-bond acceptors (Lipinski definition) is 2. The first-order chi connectivity index (χ1) is 11.8. The zero-order valence-electron chi connectivity index (χ0n) is 15.6. The molecule has 0 aliphatic carbocycles. The Hall–Kier alpha value is -2.98. The third kappa shape index (κ3) is 2.34. The molecule has 4 heteroatoms. The molecular weight excluding hydrogens is 308 g/mol. The molecule has 0 radical (unpaired) electrons. The van der Waals surface area contributed by atoms with E-state index in [0.29, 0.717) is 11.4 Å². The lowest BCUT2D eigenvalue weighted by Crippen LogP contribution is -2.36. The van der Waals surface area contributed by atoms with Crippen molar-refractivity contribution in [3.63, 3.8) is 0 Å². The first-order valence-electron chi connectivity index (χ1n) is 8.34. The van der Waals surface area contributed by atoms with Crippen LogP contribution in [0.5, 0.6) is 0 Å². The molecule has 0 saturated carbocycles. The Morgan fingerprint density at radius 1 is 0.800 bits per heavy atom. The molecule has 2 aromatic carbocycles. The van der Waals surface area contributed by atoms with Gasteiger partial charge in [-0.1, -0.05) is 0 Å². The van der Waals surface area contributed by atoms with Crippen LogP contribution in [-0.2, 0) is 0 Å². The maximum Gasteiger partial charge on any atom is 0.196 e. The summed E-state index contributed by atoms with van der Waals surface area (Å²) in [6, 6.07) is 5.94. The summed E-state index contributed by atoms with van der Waals surface area (Å²) in [5, 5.41) is 0. The monoisotopic (exact) mass is 330 g/mol. The van der Waals surface area contributed by atoms with Gasteiger partial charge in [0.05, 0.1) is 18.8 Å². The molecule has 1 aliphatic heterocycles. The third-order valence-electron chi connectivity index (χ3n) is 5.60. The Bertz CT molecular complexity index is 960. The molecule has 1 heterocycles. The summed E-state index contributed by atoms with van der Waals surface area (Å²) in [6.07, 6.45) is 0.120. The van der Waals surface area contributed by atoms with Gasteiger partial charge in [-0.15, -0.1) is 0 Å². The van der Waals surface area contributed by atoms with Crippen LogP contribution in [0.2, 0.25) is 0 Å². The van der Waals surface area contributed by atoms with Crippen molar-refractivity contribution >= 4 is 28.4 Å². The van der Waals surface area contributed by atoms with Crippen molar-refractivity contribution in [1.82, 2.24) is 0 Å². The number of anilines is 3. The molecule has 0 saturated heterocycles. The fraction of sp³-hybridized carbons (Fsp3) is 0.333. The predicted octanol–water partition coefficient (Wildman–Crippen LogP) is 5.96. The van der Waals surface area contributed by atoms with Gasteiger partial charge in [0.15, 0.2) is 11.4 Å². The van der Waals surface area contributed by atoms with E-state index in [9.17, 15) is 0 Å². The van der Waals surface area contributed by atoms with Crippen molar-refractivity contribution in [2.75, 3.05) is 16.8 Å². The smallest absolute Gasteiger partial charge is 0.196 e. The molecule has 0 amide bonds. The molecule has 0 aromatic heterocycles. The summed E-state index contributed by atoms with van der Waals surface area (Å²) in [6.45, 7) is 25.5. The second-order valence-corrected chi connectivity index (χ2v) is 6.75. The van der Waals surface area contributed by atoms with E-state index in [0.717, 1.165) is 11.4 Å². The Labute approximate surface area is 149 Å². The van der Waals surface area contributed by atoms with Crippen LogP contribution in [0, 0.1) is 40.8 Å². The number of nitrogens with zero attached hydrogens (tertiary/aromatic N) is 4. The lowest BCUT2D eigenvalue weighted by atomic mass is 9.97. The molecule has 1 aliphatic rings. The summed E-state index contributed by atoms with van der Waals surface area (Å²) in [7, 11) is 2.04. The number of rotatable bonds is 1. The molecule has 25 heavy (non-hydrogen) atoms. The van der Waals surface area contributed by atoms with E-state index in [1.807, 2.05) is 19.2 Å². The molecule has 0 spiro atoms. The van der Waals surface area contributed by atoms with E-state index in [1.165, 1.54) is 27.9 Å². The first-order valence-corrected chi connectivity index (χ1v) is 8.34. The van der Waals surface area contributed by atoms with E-state index in [2.05, 4.69) is 60.2 Å². The van der Waals surface area contributed by atoms with Crippen LogP contribution in [0.25, 0.3) is 9.69 Å². The Kier molecular flexibility index (Phi) is 3.93. The summed E-state index contributed by atoms with van der Waals surface area (Å²) in [5.74, 6) is 0. The molecular formula is C21H22N4. The first kappa shape index (κ1) is 16.9. The predicted molar refractivity (Wildman–Crippen MR) is 104 cm³/mol. The van der Waals surface area contributed by atoms with Crippen LogP contribution < -0.4 is 9.80 Å². The number of fused-ring (bicyclic) bond motifs is 1. The largest absolute Gasteiger partial charge is 0.354 e. The highest BCUT2D eigenvalue weighted by molar-refractivity contribution is 5.92. The second kappa shape index (κ2) is 5.83. The van der Waals surface area contributed by atoms with Crippen molar-refractivity contribution in [3.05, 3.63) is 63.3 Å². The van der Waals surface area contributed by atoms with Crippen LogP contribution >= 0.6 is 0 Å². The van der Waals surface area contributed by atoms with Crippen LogP contribution in [0.4, 0.5) is 28.4 Å². The van der Waals surface area contributed by atoms with Crippen LogP contribution in [0.3, 0.4) is 0 Å². The van der Waals surface area contributed by atoms with E-state index in [1.54, 1.807) is 0 Å². The van der Waals surface area contributed by atoms with Crippen LogP contribution in [0.1, 0.15) is 29.2 Å². The fourth-order valence-electron chi connectivity index (χ4n) is 3.56. The number of benzene rings is 2. The summed E-state index contributed by atoms with van der Waals surface area (Å²) >= 11 is 0. The van der Waals surface area contributed by atoms with Crippen molar-refractivity contribution in [1.29, 1.82) is 0 Å². The van der Waals surface area contributed by atoms with Gasteiger partial charge in [0.2, 0.25) is 0 Å². The minimum atomic E-state index is 0.120.